The second kappa shape index (κ2) is 9.59. The summed E-state index contributed by atoms with van der Waals surface area (Å²) >= 11 is 5.74. The van der Waals surface area contributed by atoms with E-state index in [1.165, 1.54) is 53.0 Å². The maximum absolute atomic E-state index is 12.6. The van der Waals surface area contributed by atoms with Crippen molar-refractivity contribution >= 4 is 39.4 Å². The molecule has 0 heterocycles. The summed E-state index contributed by atoms with van der Waals surface area (Å²) in [4.78, 5) is 22.6. The molecule has 0 atom stereocenters. The summed E-state index contributed by atoms with van der Waals surface area (Å²) in [6.45, 7) is 4.08. The van der Waals surface area contributed by atoms with Gasteiger partial charge in [-0.25, -0.2) is 13.8 Å². The van der Waals surface area contributed by atoms with E-state index < -0.39 is 20.9 Å². The van der Waals surface area contributed by atoms with Gasteiger partial charge in [-0.1, -0.05) is 37.6 Å². The summed E-state index contributed by atoms with van der Waals surface area (Å²) in [6.07, 6.45) is 1.22. The van der Waals surface area contributed by atoms with Crippen LogP contribution in [-0.2, 0) is 10.0 Å². The number of hydrogen-bond donors (Lipinski definition) is 1. The van der Waals surface area contributed by atoms with Gasteiger partial charge >= 0.3 is 0 Å². The van der Waals surface area contributed by atoms with Gasteiger partial charge in [0.1, 0.15) is 5.02 Å². The van der Waals surface area contributed by atoms with E-state index in [-0.39, 0.29) is 21.2 Å². The molecular formula is C18H19ClN4O5S. The van der Waals surface area contributed by atoms with Crippen molar-refractivity contribution in [1.29, 1.82) is 0 Å². The molecule has 1 amide bonds. The zero-order valence-corrected chi connectivity index (χ0v) is 17.3. The molecular weight excluding hydrogens is 420 g/mol. The minimum atomic E-state index is -3.70. The van der Waals surface area contributed by atoms with Crippen molar-refractivity contribution in [3.63, 3.8) is 0 Å². The largest absolute Gasteiger partial charge is 0.288 e. The predicted molar refractivity (Wildman–Crippen MR) is 110 cm³/mol. The summed E-state index contributed by atoms with van der Waals surface area (Å²) in [6, 6.07) is 9.69. The van der Waals surface area contributed by atoms with Crippen LogP contribution >= 0.6 is 11.6 Å². The smallest absolute Gasteiger partial charge is 0.267 e. The van der Waals surface area contributed by atoms with Crippen molar-refractivity contribution in [3.8, 4) is 0 Å². The van der Waals surface area contributed by atoms with Crippen LogP contribution in [0.2, 0.25) is 5.02 Å². The molecule has 154 valence electrons. The average Bonchev–Trinajstić information content (AvgIpc) is 2.69. The number of carbonyl (C=O) groups is 1. The number of carbonyl (C=O) groups excluding carboxylic acids is 1. The van der Waals surface area contributed by atoms with Gasteiger partial charge in [-0.15, -0.1) is 0 Å². The highest BCUT2D eigenvalue weighted by atomic mass is 35.5. The van der Waals surface area contributed by atoms with E-state index in [1.807, 2.05) is 0 Å². The fourth-order valence-electron chi connectivity index (χ4n) is 2.49. The molecule has 0 aliphatic rings. The average molecular weight is 439 g/mol. The first-order valence-corrected chi connectivity index (χ1v) is 10.4. The molecule has 0 aliphatic carbocycles. The first-order chi connectivity index (χ1) is 13.7. The molecule has 2 aromatic rings. The second-order valence-corrected chi connectivity index (χ2v) is 8.13. The van der Waals surface area contributed by atoms with E-state index in [0.29, 0.717) is 18.7 Å². The fourth-order valence-corrected chi connectivity index (χ4v) is 4.18. The molecule has 0 saturated heterocycles. The highest BCUT2D eigenvalue weighted by Crippen LogP contribution is 2.24. The first-order valence-electron chi connectivity index (χ1n) is 8.58. The van der Waals surface area contributed by atoms with Crippen molar-refractivity contribution < 1.29 is 18.1 Å². The molecule has 2 rings (SSSR count). The number of hydrogen-bond acceptors (Lipinski definition) is 6. The Balaban J connectivity index is 2.17. The van der Waals surface area contributed by atoms with Crippen LogP contribution < -0.4 is 5.43 Å². The number of nitrogens with one attached hydrogen (secondary N) is 1. The van der Waals surface area contributed by atoms with Crippen molar-refractivity contribution in [2.75, 3.05) is 13.1 Å². The van der Waals surface area contributed by atoms with E-state index in [9.17, 15) is 23.3 Å². The SMILES string of the molecule is CCN(CC)S(=O)(=O)c1cccc(C(=O)N/N=C\c2ccc(Cl)c([N+](=O)[O-])c2)c1. The Kier molecular flexibility index (Phi) is 7.43. The van der Waals surface area contributed by atoms with Gasteiger partial charge in [-0.2, -0.15) is 9.41 Å². The zero-order valence-electron chi connectivity index (χ0n) is 15.7. The molecule has 2 aromatic carbocycles. The van der Waals surface area contributed by atoms with E-state index in [1.54, 1.807) is 13.8 Å². The summed E-state index contributed by atoms with van der Waals surface area (Å²) in [5, 5.41) is 14.6. The standard InChI is InChI=1S/C18H19ClN4O5S/c1-3-22(4-2)29(27,28)15-7-5-6-14(11-15)18(24)21-20-12-13-8-9-16(19)17(10-13)23(25)26/h5-12H,3-4H2,1-2H3,(H,21,24)/b20-12-. The Labute approximate surface area is 173 Å². The lowest BCUT2D eigenvalue weighted by atomic mass is 10.2. The molecule has 29 heavy (non-hydrogen) atoms. The van der Waals surface area contributed by atoms with Gasteiger partial charge in [0.05, 0.1) is 16.0 Å². The van der Waals surface area contributed by atoms with Crippen molar-refractivity contribution in [3.05, 3.63) is 68.7 Å². The van der Waals surface area contributed by atoms with Crippen molar-refractivity contribution in [1.82, 2.24) is 9.73 Å². The molecule has 0 bridgehead atoms. The molecule has 0 fully saturated rings. The van der Waals surface area contributed by atoms with Crippen molar-refractivity contribution in [2.24, 2.45) is 5.10 Å². The van der Waals surface area contributed by atoms with Gasteiger partial charge in [-0.3, -0.25) is 14.9 Å². The maximum atomic E-state index is 12.6. The fraction of sp³-hybridized carbons (Fsp3) is 0.222. The van der Waals surface area contributed by atoms with Crippen LogP contribution in [0.5, 0.6) is 0 Å². The zero-order chi connectivity index (χ0) is 21.6. The first kappa shape index (κ1) is 22.5. The molecule has 0 saturated carbocycles. The van der Waals surface area contributed by atoms with Crippen LogP contribution in [0.15, 0.2) is 52.5 Å². The lowest BCUT2D eigenvalue weighted by Gasteiger charge is -2.18. The number of nitro benzene ring substituents is 1. The molecule has 0 spiro atoms. The molecule has 9 nitrogen and oxygen atoms in total. The van der Waals surface area contributed by atoms with Gasteiger partial charge in [0.2, 0.25) is 10.0 Å². The molecule has 11 heteroatoms. The van der Waals surface area contributed by atoms with Gasteiger partial charge < -0.3 is 0 Å². The highest BCUT2D eigenvalue weighted by molar-refractivity contribution is 7.89. The van der Waals surface area contributed by atoms with Gasteiger partial charge in [-0.05, 0) is 24.3 Å². The van der Waals surface area contributed by atoms with Gasteiger partial charge in [0, 0.05) is 30.3 Å². The van der Waals surface area contributed by atoms with E-state index in [0.717, 1.165) is 0 Å². The minimum Gasteiger partial charge on any atom is -0.267 e. The van der Waals surface area contributed by atoms with Crippen LogP contribution in [0.3, 0.4) is 0 Å². The Hall–Kier alpha value is -2.82. The van der Waals surface area contributed by atoms with E-state index in [2.05, 4.69) is 10.5 Å². The van der Waals surface area contributed by atoms with Crippen molar-refractivity contribution in [2.45, 2.75) is 18.7 Å². The maximum Gasteiger partial charge on any atom is 0.288 e. The van der Waals surface area contributed by atoms with Crippen LogP contribution in [0.25, 0.3) is 0 Å². The normalized spacial score (nSPS) is 11.7. The lowest BCUT2D eigenvalue weighted by molar-refractivity contribution is -0.384. The summed E-state index contributed by atoms with van der Waals surface area (Å²) in [7, 11) is -3.70. The van der Waals surface area contributed by atoms with Gasteiger partial charge in [0.25, 0.3) is 11.6 Å². The number of sulfonamides is 1. The predicted octanol–water partition coefficient (Wildman–Crippen LogP) is 3.04. The highest BCUT2D eigenvalue weighted by Gasteiger charge is 2.22. The summed E-state index contributed by atoms with van der Waals surface area (Å²) < 4.78 is 26.5. The van der Waals surface area contributed by atoms with Gasteiger partial charge in [0.15, 0.2) is 0 Å². The topological polar surface area (TPSA) is 122 Å². The Morgan fingerprint density at radius 3 is 2.55 bits per heavy atom. The lowest BCUT2D eigenvalue weighted by Crippen LogP contribution is -2.30. The number of benzene rings is 2. The molecule has 0 aromatic heterocycles. The third-order valence-electron chi connectivity index (χ3n) is 3.99. The van der Waals surface area contributed by atoms with E-state index >= 15 is 0 Å². The Morgan fingerprint density at radius 1 is 1.24 bits per heavy atom. The van der Waals surface area contributed by atoms with Crippen LogP contribution in [0, 0.1) is 10.1 Å². The third-order valence-corrected chi connectivity index (χ3v) is 6.35. The number of rotatable bonds is 8. The number of nitrogens with zero attached hydrogens (tertiary/aromatic N) is 3. The second-order valence-electron chi connectivity index (χ2n) is 5.78. The Bertz CT molecular complexity index is 1050. The monoisotopic (exact) mass is 438 g/mol. The quantitative estimate of drug-likeness (QED) is 0.385. The number of amides is 1. The number of halogens is 1. The third kappa shape index (κ3) is 5.37. The minimum absolute atomic E-state index is 0.00570. The summed E-state index contributed by atoms with van der Waals surface area (Å²) in [5.74, 6) is -0.624. The molecule has 0 unspecified atom stereocenters. The molecule has 1 N–H and O–H groups in total. The van der Waals surface area contributed by atoms with Crippen LogP contribution in [-0.4, -0.2) is 42.9 Å². The molecule has 0 aliphatic heterocycles. The summed E-state index contributed by atoms with van der Waals surface area (Å²) in [5.41, 5.74) is 2.45. The van der Waals surface area contributed by atoms with Crippen LogP contribution in [0.4, 0.5) is 5.69 Å². The number of nitro groups is 1. The Morgan fingerprint density at radius 2 is 1.93 bits per heavy atom. The number of hydrazone groups is 1. The van der Waals surface area contributed by atoms with E-state index in [4.69, 9.17) is 11.6 Å². The van der Waals surface area contributed by atoms with Crippen LogP contribution in [0.1, 0.15) is 29.8 Å². The molecule has 0 radical (unpaired) electrons.